The molecule has 0 spiro atoms. The molecule has 2 heteroatoms. The van der Waals surface area contributed by atoms with Crippen molar-refractivity contribution in [3.63, 3.8) is 0 Å². The average Bonchev–Trinajstić information content (AvgIpc) is 2.33. The van der Waals surface area contributed by atoms with Gasteiger partial charge in [0.25, 0.3) is 0 Å². The second-order valence-corrected chi connectivity index (χ2v) is 6.22. The lowest BCUT2D eigenvalue weighted by Gasteiger charge is -2.24. The highest BCUT2D eigenvalue weighted by Crippen LogP contribution is 2.28. The van der Waals surface area contributed by atoms with Crippen LogP contribution in [0.25, 0.3) is 0 Å². The third-order valence-corrected chi connectivity index (χ3v) is 3.96. The Morgan fingerprint density at radius 2 is 1.78 bits per heavy atom. The third-order valence-electron chi connectivity index (χ3n) is 3.46. The molecular weight excluding hydrogens is 288 g/mol. The molecule has 0 aliphatic heterocycles. The van der Waals surface area contributed by atoms with Gasteiger partial charge in [0.1, 0.15) is 0 Å². The number of halogens is 1. The van der Waals surface area contributed by atoms with Gasteiger partial charge < -0.3 is 5.11 Å². The molecule has 0 heterocycles. The van der Waals surface area contributed by atoms with Crippen LogP contribution in [0.15, 0.2) is 28.7 Å². The maximum atomic E-state index is 10.5. The molecule has 0 aliphatic carbocycles. The molecule has 0 saturated heterocycles. The molecule has 102 valence electrons. The quantitative estimate of drug-likeness (QED) is 0.636. The molecule has 18 heavy (non-hydrogen) atoms. The second kappa shape index (κ2) is 7.96. The van der Waals surface area contributed by atoms with E-state index in [9.17, 15) is 5.11 Å². The Morgan fingerprint density at radius 1 is 1.11 bits per heavy atom. The molecule has 1 N–H and O–H groups in total. The highest BCUT2D eigenvalue weighted by Gasteiger charge is 2.22. The van der Waals surface area contributed by atoms with Gasteiger partial charge in [-0.1, -0.05) is 73.5 Å². The van der Waals surface area contributed by atoms with E-state index in [1.165, 1.54) is 32.1 Å². The maximum Gasteiger partial charge on any atom is 0.0868 e. The summed E-state index contributed by atoms with van der Waals surface area (Å²) >= 11 is 3.45. The van der Waals surface area contributed by atoms with Crippen LogP contribution < -0.4 is 0 Å². The molecule has 1 unspecified atom stereocenters. The average molecular weight is 313 g/mol. The van der Waals surface area contributed by atoms with Crippen LogP contribution in [0.4, 0.5) is 0 Å². The molecule has 0 amide bonds. The number of rotatable bonds is 8. The lowest BCUT2D eigenvalue weighted by atomic mass is 9.90. The molecule has 0 saturated carbocycles. The fraction of sp³-hybridized carbons (Fsp3) is 0.625. The Labute approximate surface area is 120 Å². The number of benzene rings is 1. The summed E-state index contributed by atoms with van der Waals surface area (Å²) < 4.78 is 1.03. The van der Waals surface area contributed by atoms with E-state index in [4.69, 9.17) is 0 Å². The molecule has 0 bridgehead atoms. The van der Waals surface area contributed by atoms with Crippen molar-refractivity contribution in [2.45, 2.75) is 64.4 Å². The highest BCUT2D eigenvalue weighted by atomic mass is 79.9. The molecule has 0 radical (unpaired) electrons. The van der Waals surface area contributed by atoms with Gasteiger partial charge in [-0.3, -0.25) is 0 Å². The van der Waals surface area contributed by atoms with Crippen LogP contribution in [0.1, 0.15) is 64.4 Å². The minimum atomic E-state index is -0.700. The van der Waals surface area contributed by atoms with Crippen LogP contribution in [0.2, 0.25) is 0 Å². The van der Waals surface area contributed by atoms with Crippen LogP contribution in [0, 0.1) is 0 Å². The van der Waals surface area contributed by atoms with E-state index in [0.29, 0.717) is 0 Å². The number of aliphatic hydroxyl groups is 1. The lowest BCUT2D eigenvalue weighted by Crippen LogP contribution is -2.20. The van der Waals surface area contributed by atoms with Gasteiger partial charge in [-0.25, -0.2) is 0 Å². The number of unbranched alkanes of at least 4 members (excludes halogenated alkanes) is 5. The summed E-state index contributed by atoms with van der Waals surface area (Å²) in [6.45, 7) is 4.15. The summed E-state index contributed by atoms with van der Waals surface area (Å²) in [6, 6.07) is 7.98. The zero-order valence-corrected chi connectivity index (χ0v) is 13.2. The number of hydrogen-bond donors (Lipinski definition) is 1. The summed E-state index contributed by atoms with van der Waals surface area (Å²) in [5, 5.41) is 10.5. The van der Waals surface area contributed by atoms with Crippen LogP contribution in [-0.4, -0.2) is 5.11 Å². The van der Waals surface area contributed by atoms with Crippen LogP contribution in [0.3, 0.4) is 0 Å². The third kappa shape index (κ3) is 5.53. The van der Waals surface area contributed by atoms with Gasteiger partial charge in [-0.2, -0.15) is 0 Å². The molecule has 1 rings (SSSR count). The topological polar surface area (TPSA) is 20.2 Å². The fourth-order valence-electron chi connectivity index (χ4n) is 2.22. The molecule has 0 aliphatic rings. The molecular formula is C16H25BrO. The van der Waals surface area contributed by atoms with Crippen molar-refractivity contribution in [2.24, 2.45) is 0 Å². The first-order valence-corrected chi connectivity index (χ1v) is 7.84. The van der Waals surface area contributed by atoms with E-state index < -0.39 is 5.60 Å². The first kappa shape index (κ1) is 15.7. The zero-order valence-electron chi connectivity index (χ0n) is 11.6. The first-order valence-electron chi connectivity index (χ1n) is 7.04. The van der Waals surface area contributed by atoms with Crippen molar-refractivity contribution < 1.29 is 5.11 Å². The van der Waals surface area contributed by atoms with E-state index in [-0.39, 0.29) is 0 Å². The van der Waals surface area contributed by atoms with Gasteiger partial charge in [0.05, 0.1) is 5.60 Å². The maximum absolute atomic E-state index is 10.5. The second-order valence-electron chi connectivity index (χ2n) is 5.30. The first-order chi connectivity index (χ1) is 8.56. The molecule has 0 fully saturated rings. The van der Waals surface area contributed by atoms with Gasteiger partial charge in [0.2, 0.25) is 0 Å². The molecule has 0 aromatic heterocycles. The Balaban J connectivity index is 2.35. The summed E-state index contributed by atoms with van der Waals surface area (Å²) in [7, 11) is 0. The minimum absolute atomic E-state index is 0.700. The zero-order chi connectivity index (χ0) is 13.4. The van der Waals surface area contributed by atoms with Gasteiger partial charge in [-0.05, 0) is 31.0 Å². The summed E-state index contributed by atoms with van der Waals surface area (Å²) in [5.74, 6) is 0. The molecule has 1 nitrogen and oxygen atoms in total. The van der Waals surface area contributed by atoms with Crippen molar-refractivity contribution in [3.8, 4) is 0 Å². The summed E-state index contributed by atoms with van der Waals surface area (Å²) in [5.41, 5.74) is 0.305. The Morgan fingerprint density at radius 3 is 2.44 bits per heavy atom. The SMILES string of the molecule is CCCCCCCCC(C)(O)c1cccc(Br)c1. The minimum Gasteiger partial charge on any atom is -0.385 e. The standard InChI is InChI=1S/C16H25BrO/c1-3-4-5-6-7-8-12-16(2,18)14-10-9-11-15(17)13-14/h9-11,13,18H,3-8,12H2,1-2H3. The van der Waals surface area contributed by atoms with Gasteiger partial charge in [0, 0.05) is 4.47 Å². The fourth-order valence-corrected chi connectivity index (χ4v) is 2.62. The Bertz CT molecular complexity index is 347. The summed E-state index contributed by atoms with van der Waals surface area (Å²) in [4.78, 5) is 0. The lowest BCUT2D eigenvalue weighted by molar-refractivity contribution is 0.0447. The van der Waals surface area contributed by atoms with Crippen molar-refractivity contribution in [2.75, 3.05) is 0 Å². The molecule has 1 aromatic rings. The van der Waals surface area contributed by atoms with Crippen molar-refractivity contribution in [3.05, 3.63) is 34.3 Å². The van der Waals surface area contributed by atoms with E-state index in [1.807, 2.05) is 31.2 Å². The van der Waals surface area contributed by atoms with E-state index in [0.717, 1.165) is 22.9 Å². The largest absolute Gasteiger partial charge is 0.385 e. The summed E-state index contributed by atoms with van der Waals surface area (Å²) in [6.07, 6.45) is 8.42. The van der Waals surface area contributed by atoms with Gasteiger partial charge in [-0.15, -0.1) is 0 Å². The monoisotopic (exact) mass is 312 g/mol. The van der Waals surface area contributed by atoms with Crippen LogP contribution in [-0.2, 0) is 5.60 Å². The van der Waals surface area contributed by atoms with E-state index in [2.05, 4.69) is 22.9 Å². The van der Waals surface area contributed by atoms with Gasteiger partial charge in [0.15, 0.2) is 0 Å². The Hall–Kier alpha value is -0.340. The van der Waals surface area contributed by atoms with E-state index >= 15 is 0 Å². The predicted molar refractivity (Wildman–Crippen MR) is 81.7 cm³/mol. The molecule has 1 atom stereocenters. The number of hydrogen-bond acceptors (Lipinski definition) is 1. The smallest absolute Gasteiger partial charge is 0.0868 e. The Kier molecular flexibility index (Phi) is 6.95. The van der Waals surface area contributed by atoms with Crippen molar-refractivity contribution in [1.29, 1.82) is 0 Å². The van der Waals surface area contributed by atoms with E-state index in [1.54, 1.807) is 0 Å². The van der Waals surface area contributed by atoms with Crippen molar-refractivity contribution >= 4 is 15.9 Å². The predicted octanol–water partition coefficient (Wildman–Crippen LogP) is 5.41. The van der Waals surface area contributed by atoms with Gasteiger partial charge >= 0.3 is 0 Å². The van der Waals surface area contributed by atoms with Crippen molar-refractivity contribution in [1.82, 2.24) is 0 Å². The van der Waals surface area contributed by atoms with Crippen LogP contribution in [0.5, 0.6) is 0 Å². The highest BCUT2D eigenvalue weighted by molar-refractivity contribution is 9.10. The molecule has 1 aromatic carbocycles. The normalized spacial score (nSPS) is 14.4. The van der Waals surface area contributed by atoms with Crippen LogP contribution >= 0.6 is 15.9 Å².